The second-order valence-electron chi connectivity index (χ2n) is 4.16. The van der Waals surface area contributed by atoms with E-state index in [1.54, 1.807) is 0 Å². The van der Waals surface area contributed by atoms with Crippen molar-refractivity contribution in [3.63, 3.8) is 0 Å². The average molecular weight is 285 g/mol. The Hall–Kier alpha value is -1.44. The predicted molar refractivity (Wildman–Crippen MR) is 53.7 cm³/mol. The van der Waals surface area contributed by atoms with Gasteiger partial charge in [-0.15, -0.1) is 13.2 Å². The van der Waals surface area contributed by atoms with E-state index in [1.807, 2.05) is 0 Å². The van der Waals surface area contributed by atoms with Gasteiger partial charge in [0.1, 0.15) is 5.75 Å². The fourth-order valence-electron chi connectivity index (χ4n) is 1.76. The van der Waals surface area contributed by atoms with E-state index in [0.29, 0.717) is 30.8 Å². The van der Waals surface area contributed by atoms with Crippen LogP contribution in [-0.2, 0) is 6.18 Å². The summed E-state index contributed by atoms with van der Waals surface area (Å²) in [6, 6.07) is 2.65. The lowest BCUT2D eigenvalue weighted by Crippen LogP contribution is -2.40. The second-order valence-corrected chi connectivity index (χ2v) is 4.16. The first-order valence-corrected chi connectivity index (χ1v) is 5.34. The third-order valence-electron chi connectivity index (χ3n) is 2.79. The van der Waals surface area contributed by atoms with E-state index in [-0.39, 0.29) is 5.92 Å². The van der Waals surface area contributed by atoms with Crippen LogP contribution in [0, 0.1) is 0 Å². The van der Waals surface area contributed by atoms with Crippen molar-refractivity contribution in [2.24, 2.45) is 0 Å². The first kappa shape index (κ1) is 14.0. The highest BCUT2D eigenvalue weighted by Crippen LogP contribution is 2.40. The number of hydrogen-bond donors (Lipinski definition) is 1. The number of ether oxygens (including phenoxy) is 1. The maximum Gasteiger partial charge on any atom is 0.573 e. The van der Waals surface area contributed by atoms with E-state index in [9.17, 15) is 26.3 Å². The summed E-state index contributed by atoms with van der Waals surface area (Å²) in [4.78, 5) is 0. The van der Waals surface area contributed by atoms with Crippen LogP contribution in [0.3, 0.4) is 0 Å². The molecule has 1 aliphatic rings. The van der Waals surface area contributed by atoms with Crippen molar-refractivity contribution >= 4 is 0 Å². The molecule has 0 saturated carbocycles. The van der Waals surface area contributed by atoms with Gasteiger partial charge in [-0.1, -0.05) is 6.07 Å². The summed E-state index contributed by atoms with van der Waals surface area (Å²) < 4.78 is 77.7. The Labute approximate surface area is 104 Å². The molecule has 1 aromatic carbocycles. The van der Waals surface area contributed by atoms with Crippen molar-refractivity contribution in [2.75, 3.05) is 13.1 Å². The fraction of sp³-hybridized carbons (Fsp3) is 0.455. The summed E-state index contributed by atoms with van der Waals surface area (Å²) in [5.41, 5.74) is -1.06. The minimum atomic E-state index is -5.15. The molecule has 1 N–H and O–H groups in total. The Bertz CT molecular complexity index is 463. The standard InChI is InChI=1S/C11H9F6NO/c12-10(13,14)8-3-6(7-4-18-5-7)1-2-9(8)19-11(15,16)17/h1-3,7,18H,4-5H2. The van der Waals surface area contributed by atoms with Gasteiger partial charge in [0, 0.05) is 19.0 Å². The maximum absolute atomic E-state index is 12.7. The van der Waals surface area contributed by atoms with Crippen LogP contribution >= 0.6 is 0 Å². The normalized spacial score (nSPS) is 17.2. The largest absolute Gasteiger partial charge is 0.573 e. The van der Waals surface area contributed by atoms with Gasteiger partial charge in [0.05, 0.1) is 5.56 Å². The quantitative estimate of drug-likeness (QED) is 0.842. The van der Waals surface area contributed by atoms with Gasteiger partial charge in [0.2, 0.25) is 0 Å². The van der Waals surface area contributed by atoms with Gasteiger partial charge in [0.25, 0.3) is 0 Å². The van der Waals surface area contributed by atoms with Gasteiger partial charge in [-0.2, -0.15) is 13.2 Å². The molecular formula is C11H9F6NO. The molecule has 0 radical (unpaired) electrons. The third kappa shape index (κ3) is 3.31. The van der Waals surface area contributed by atoms with E-state index < -0.39 is 23.9 Å². The molecule has 1 aromatic rings. The van der Waals surface area contributed by atoms with Crippen LogP contribution in [-0.4, -0.2) is 19.5 Å². The summed E-state index contributed by atoms with van der Waals surface area (Å²) >= 11 is 0. The first-order chi connectivity index (χ1) is 8.67. The third-order valence-corrected chi connectivity index (χ3v) is 2.79. The predicted octanol–water partition coefficient (Wildman–Crippen LogP) is 3.29. The zero-order valence-corrected chi connectivity index (χ0v) is 9.40. The number of hydrogen-bond acceptors (Lipinski definition) is 2. The molecule has 0 spiro atoms. The van der Waals surface area contributed by atoms with E-state index in [2.05, 4.69) is 10.1 Å². The molecule has 19 heavy (non-hydrogen) atoms. The van der Waals surface area contributed by atoms with Gasteiger partial charge >= 0.3 is 12.5 Å². The van der Waals surface area contributed by atoms with Crippen LogP contribution in [0.1, 0.15) is 17.0 Å². The Kier molecular flexibility index (Phi) is 3.38. The van der Waals surface area contributed by atoms with Gasteiger partial charge in [-0.25, -0.2) is 0 Å². The molecule has 0 atom stereocenters. The topological polar surface area (TPSA) is 21.3 Å². The summed E-state index contributed by atoms with van der Waals surface area (Å²) in [5, 5.41) is 2.88. The van der Waals surface area contributed by atoms with Gasteiger partial charge in [0.15, 0.2) is 0 Å². The van der Waals surface area contributed by atoms with Gasteiger partial charge in [-0.3, -0.25) is 0 Å². The van der Waals surface area contributed by atoms with Crippen LogP contribution in [0.4, 0.5) is 26.3 Å². The average Bonchev–Trinajstić information content (AvgIpc) is 2.13. The lowest BCUT2D eigenvalue weighted by atomic mass is 9.92. The lowest BCUT2D eigenvalue weighted by Gasteiger charge is -2.28. The number of nitrogens with one attached hydrogen (secondary N) is 1. The first-order valence-electron chi connectivity index (χ1n) is 5.34. The Balaban J connectivity index is 2.37. The number of halogens is 6. The fourth-order valence-corrected chi connectivity index (χ4v) is 1.76. The monoisotopic (exact) mass is 285 g/mol. The van der Waals surface area contributed by atoms with Gasteiger partial charge in [-0.05, 0) is 17.7 Å². The highest BCUT2D eigenvalue weighted by Gasteiger charge is 2.40. The van der Waals surface area contributed by atoms with Crippen molar-refractivity contribution in [1.82, 2.24) is 5.32 Å². The molecule has 1 aliphatic heterocycles. The number of benzene rings is 1. The highest BCUT2D eigenvalue weighted by molar-refractivity contribution is 5.41. The lowest BCUT2D eigenvalue weighted by molar-refractivity contribution is -0.276. The molecule has 2 rings (SSSR count). The molecule has 1 fully saturated rings. The van der Waals surface area contributed by atoms with Crippen molar-refractivity contribution < 1.29 is 31.1 Å². The number of alkyl halides is 6. The van der Waals surface area contributed by atoms with Crippen LogP contribution in [0.25, 0.3) is 0 Å². The van der Waals surface area contributed by atoms with Crippen LogP contribution < -0.4 is 10.1 Å². The zero-order valence-electron chi connectivity index (χ0n) is 9.40. The van der Waals surface area contributed by atoms with E-state index in [4.69, 9.17) is 0 Å². The molecular weight excluding hydrogens is 276 g/mol. The molecule has 106 valence electrons. The van der Waals surface area contributed by atoms with Crippen molar-refractivity contribution in [1.29, 1.82) is 0 Å². The molecule has 0 unspecified atom stereocenters. The summed E-state index contributed by atoms with van der Waals surface area (Å²) in [7, 11) is 0. The summed E-state index contributed by atoms with van der Waals surface area (Å²) in [6.07, 6.45) is -10.0. The van der Waals surface area contributed by atoms with E-state index in [0.717, 1.165) is 0 Å². The minimum Gasteiger partial charge on any atom is -0.405 e. The Morgan fingerprint density at radius 3 is 2.11 bits per heavy atom. The van der Waals surface area contributed by atoms with E-state index in [1.165, 1.54) is 6.07 Å². The second kappa shape index (κ2) is 4.59. The highest BCUT2D eigenvalue weighted by atomic mass is 19.4. The molecule has 8 heteroatoms. The Morgan fingerprint density at radius 2 is 1.68 bits per heavy atom. The maximum atomic E-state index is 12.7. The summed E-state index contributed by atoms with van der Waals surface area (Å²) in [6.45, 7) is 1.02. The van der Waals surface area contributed by atoms with Crippen LogP contribution in [0.5, 0.6) is 5.75 Å². The molecule has 0 aromatic heterocycles. The van der Waals surface area contributed by atoms with E-state index >= 15 is 0 Å². The van der Waals surface area contributed by atoms with Crippen molar-refractivity contribution in [3.05, 3.63) is 29.3 Å². The smallest absolute Gasteiger partial charge is 0.405 e. The molecule has 0 amide bonds. The van der Waals surface area contributed by atoms with Gasteiger partial charge < -0.3 is 10.1 Å². The minimum absolute atomic E-state index is 0.110. The zero-order chi connectivity index (χ0) is 14.3. The summed E-state index contributed by atoms with van der Waals surface area (Å²) in [5.74, 6) is -1.34. The van der Waals surface area contributed by atoms with Crippen LogP contribution in [0.2, 0.25) is 0 Å². The van der Waals surface area contributed by atoms with Crippen molar-refractivity contribution in [3.8, 4) is 5.75 Å². The Morgan fingerprint density at radius 1 is 1.05 bits per heavy atom. The molecule has 1 saturated heterocycles. The SMILES string of the molecule is FC(F)(F)Oc1ccc(C2CNC2)cc1C(F)(F)F. The molecule has 0 aliphatic carbocycles. The van der Waals surface area contributed by atoms with Crippen molar-refractivity contribution in [2.45, 2.75) is 18.5 Å². The molecule has 0 bridgehead atoms. The molecule has 2 nitrogen and oxygen atoms in total. The van der Waals surface area contributed by atoms with Crippen LogP contribution in [0.15, 0.2) is 18.2 Å². The molecule has 1 heterocycles. The number of rotatable bonds is 2.